The van der Waals surface area contributed by atoms with E-state index in [4.69, 9.17) is 9.47 Å². The molecule has 2 aromatic rings. The van der Waals surface area contributed by atoms with E-state index in [9.17, 15) is 9.18 Å². The Morgan fingerprint density at radius 3 is 2.50 bits per heavy atom. The molecule has 24 heavy (non-hydrogen) atoms. The van der Waals surface area contributed by atoms with Gasteiger partial charge in [-0.2, -0.15) is 0 Å². The monoisotopic (exact) mass is 331 g/mol. The number of carbonyl (C=O) groups excluding carboxylic acids is 1. The van der Waals surface area contributed by atoms with Gasteiger partial charge in [0.05, 0.1) is 13.2 Å². The summed E-state index contributed by atoms with van der Waals surface area (Å²) in [4.78, 5) is 12.1. The lowest BCUT2D eigenvalue weighted by molar-refractivity contribution is -0.123. The van der Waals surface area contributed by atoms with E-state index in [1.165, 1.54) is 24.3 Å². The highest BCUT2D eigenvalue weighted by atomic mass is 19.1. The second kappa shape index (κ2) is 8.34. The summed E-state index contributed by atoms with van der Waals surface area (Å²) in [6.45, 7) is 3.86. The normalized spacial score (nSPS) is 11.7. The molecule has 0 aromatic heterocycles. The van der Waals surface area contributed by atoms with Crippen molar-refractivity contribution in [2.24, 2.45) is 0 Å². The van der Waals surface area contributed by atoms with Gasteiger partial charge in [-0.25, -0.2) is 4.39 Å². The minimum absolute atomic E-state index is 0.0982. The number of hydrogen-bond acceptors (Lipinski definition) is 3. The highest BCUT2D eigenvalue weighted by molar-refractivity contribution is 5.78. The SMILES string of the molecule is CC[C@@H](NC(=O)COc1ccc(F)cc1)c1ccc(OC)c(C)c1. The van der Waals surface area contributed by atoms with E-state index >= 15 is 0 Å². The summed E-state index contributed by atoms with van der Waals surface area (Å²) in [5.74, 6) is 0.715. The third kappa shape index (κ3) is 4.72. The Morgan fingerprint density at radius 2 is 1.92 bits per heavy atom. The van der Waals surface area contributed by atoms with E-state index in [1.807, 2.05) is 32.0 Å². The summed E-state index contributed by atoms with van der Waals surface area (Å²) in [5, 5.41) is 2.95. The van der Waals surface area contributed by atoms with Crippen molar-refractivity contribution in [1.29, 1.82) is 0 Å². The Balaban J connectivity index is 1.95. The number of amides is 1. The number of hydrogen-bond donors (Lipinski definition) is 1. The van der Waals surface area contributed by atoms with Gasteiger partial charge in [0.25, 0.3) is 5.91 Å². The topological polar surface area (TPSA) is 47.6 Å². The third-order valence-electron chi connectivity index (χ3n) is 3.75. The van der Waals surface area contributed by atoms with E-state index in [0.29, 0.717) is 5.75 Å². The molecular formula is C19H22FNO3. The number of benzene rings is 2. The molecule has 0 aliphatic carbocycles. The maximum atomic E-state index is 12.8. The van der Waals surface area contributed by atoms with Gasteiger partial charge in [0.2, 0.25) is 0 Å². The fourth-order valence-corrected chi connectivity index (χ4v) is 2.46. The Hall–Kier alpha value is -2.56. The van der Waals surface area contributed by atoms with Crippen LogP contribution in [0.4, 0.5) is 4.39 Å². The van der Waals surface area contributed by atoms with Crippen LogP contribution in [0.25, 0.3) is 0 Å². The van der Waals surface area contributed by atoms with Crippen LogP contribution in [0.2, 0.25) is 0 Å². The molecule has 0 saturated carbocycles. The molecule has 1 atom stereocenters. The maximum absolute atomic E-state index is 12.8. The molecule has 5 heteroatoms. The molecule has 2 rings (SSSR count). The van der Waals surface area contributed by atoms with E-state index in [2.05, 4.69) is 5.32 Å². The van der Waals surface area contributed by atoms with Gasteiger partial charge < -0.3 is 14.8 Å². The summed E-state index contributed by atoms with van der Waals surface area (Å²) < 4.78 is 23.5. The summed E-state index contributed by atoms with van der Waals surface area (Å²) >= 11 is 0. The summed E-state index contributed by atoms with van der Waals surface area (Å²) in [5.41, 5.74) is 2.04. The molecule has 0 heterocycles. The summed E-state index contributed by atoms with van der Waals surface area (Å²) in [6.07, 6.45) is 0.758. The zero-order valence-electron chi connectivity index (χ0n) is 14.1. The molecule has 0 unspecified atom stereocenters. The van der Waals surface area contributed by atoms with E-state index in [1.54, 1.807) is 7.11 Å². The quantitative estimate of drug-likeness (QED) is 0.840. The maximum Gasteiger partial charge on any atom is 0.258 e. The van der Waals surface area contributed by atoms with Crippen LogP contribution in [0.1, 0.15) is 30.5 Å². The number of nitrogens with one attached hydrogen (secondary N) is 1. The zero-order chi connectivity index (χ0) is 17.5. The fourth-order valence-electron chi connectivity index (χ4n) is 2.46. The molecule has 0 saturated heterocycles. The summed E-state index contributed by atoms with van der Waals surface area (Å²) in [6, 6.07) is 11.3. The predicted molar refractivity (Wildman–Crippen MR) is 90.8 cm³/mol. The fraction of sp³-hybridized carbons (Fsp3) is 0.316. The van der Waals surface area contributed by atoms with Crippen LogP contribution < -0.4 is 14.8 Å². The molecule has 0 bridgehead atoms. The lowest BCUT2D eigenvalue weighted by atomic mass is 10.0. The van der Waals surface area contributed by atoms with Crippen molar-refractivity contribution >= 4 is 5.91 Å². The van der Waals surface area contributed by atoms with E-state index in [-0.39, 0.29) is 24.4 Å². The minimum Gasteiger partial charge on any atom is -0.496 e. The number of carbonyl (C=O) groups is 1. The number of rotatable bonds is 7. The molecule has 0 aliphatic heterocycles. The lowest BCUT2D eigenvalue weighted by Gasteiger charge is -2.19. The van der Waals surface area contributed by atoms with Gasteiger partial charge in [0.1, 0.15) is 17.3 Å². The first-order valence-corrected chi connectivity index (χ1v) is 7.85. The zero-order valence-corrected chi connectivity index (χ0v) is 14.1. The number of halogens is 1. The van der Waals surface area contributed by atoms with Crippen LogP contribution >= 0.6 is 0 Å². The highest BCUT2D eigenvalue weighted by Gasteiger charge is 2.14. The molecule has 2 aromatic carbocycles. The van der Waals surface area contributed by atoms with Crippen molar-refractivity contribution in [3.8, 4) is 11.5 Å². The van der Waals surface area contributed by atoms with Crippen LogP contribution in [0.3, 0.4) is 0 Å². The van der Waals surface area contributed by atoms with Gasteiger partial charge in [-0.15, -0.1) is 0 Å². The average Bonchev–Trinajstić information content (AvgIpc) is 2.59. The average molecular weight is 331 g/mol. The third-order valence-corrected chi connectivity index (χ3v) is 3.75. The smallest absolute Gasteiger partial charge is 0.258 e. The standard InChI is InChI=1S/C19H22FNO3/c1-4-17(14-5-10-18(23-3)13(2)11-14)21-19(22)12-24-16-8-6-15(20)7-9-16/h5-11,17H,4,12H2,1-3H3,(H,21,22)/t17-/m1/s1. The van der Waals surface area contributed by atoms with Crippen LogP contribution in [0, 0.1) is 12.7 Å². The van der Waals surface area contributed by atoms with Gasteiger partial charge in [-0.1, -0.05) is 19.1 Å². The molecule has 1 N–H and O–H groups in total. The van der Waals surface area contributed by atoms with Gasteiger partial charge in [-0.05, 0) is 54.8 Å². The summed E-state index contributed by atoms with van der Waals surface area (Å²) in [7, 11) is 1.63. The van der Waals surface area contributed by atoms with Crippen molar-refractivity contribution in [3.63, 3.8) is 0 Å². The second-order valence-electron chi connectivity index (χ2n) is 5.50. The van der Waals surface area contributed by atoms with Gasteiger partial charge in [-0.3, -0.25) is 4.79 Å². The molecule has 0 spiro atoms. The van der Waals surface area contributed by atoms with Crippen molar-refractivity contribution in [3.05, 3.63) is 59.4 Å². The van der Waals surface area contributed by atoms with Gasteiger partial charge in [0, 0.05) is 0 Å². The Kier molecular flexibility index (Phi) is 6.18. The molecule has 4 nitrogen and oxygen atoms in total. The first kappa shape index (κ1) is 17.8. The molecule has 0 fully saturated rings. The lowest BCUT2D eigenvalue weighted by Crippen LogP contribution is -2.32. The predicted octanol–water partition coefficient (Wildman–Crippen LogP) is 3.79. The van der Waals surface area contributed by atoms with E-state index in [0.717, 1.165) is 23.3 Å². The van der Waals surface area contributed by atoms with Crippen molar-refractivity contribution in [1.82, 2.24) is 5.32 Å². The minimum atomic E-state index is -0.340. The van der Waals surface area contributed by atoms with Crippen LogP contribution in [0.15, 0.2) is 42.5 Å². The molecule has 0 aliphatic rings. The van der Waals surface area contributed by atoms with Crippen molar-refractivity contribution in [2.75, 3.05) is 13.7 Å². The Bertz CT molecular complexity index is 686. The Labute approximate surface area is 141 Å². The number of aryl methyl sites for hydroxylation is 1. The first-order valence-electron chi connectivity index (χ1n) is 7.85. The second-order valence-corrected chi connectivity index (χ2v) is 5.50. The number of methoxy groups -OCH3 is 1. The largest absolute Gasteiger partial charge is 0.496 e. The van der Waals surface area contributed by atoms with E-state index < -0.39 is 0 Å². The highest BCUT2D eigenvalue weighted by Crippen LogP contribution is 2.24. The molecule has 1 amide bonds. The van der Waals surface area contributed by atoms with Gasteiger partial charge >= 0.3 is 0 Å². The van der Waals surface area contributed by atoms with Crippen molar-refractivity contribution in [2.45, 2.75) is 26.3 Å². The van der Waals surface area contributed by atoms with Crippen LogP contribution in [-0.2, 0) is 4.79 Å². The number of ether oxygens (including phenoxy) is 2. The molecular weight excluding hydrogens is 309 g/mol. The molecule has 128 valence electrons. The first-order chi connectivity index (χ1) is 11.5. The Morgan fingerprint density at radius 1 is 1.21 bits per heavy atom. The van der Waals surface area contributed by atoms with Crippen LogP contribution in [0.5, 0.6) is 11.5 Å². The molecule has 0 radical (unpaired) electrons. The van der Waals surface area contributed by atoms with Crippen molar-refractivity contribution < 1.29 is 18.7 Å². The van der Waals surface area contributed by atoms with Crippen LogP contribution in [-0.4, -0.2) is 19.6 Å². The van der Waals surface area contributed by atoms with Gasteiger partial charge in [0.15, 0.2) is 6.61 Å².